The van der Waals surface area contributed by atoms with Crippen molar-refractivity contribution in [2.45, 2.75) is 38.6 Å². The van der Waals surface area contributed by atoms with Crippen molar-refractivity contribution in [3.8, 4) is 0 Å². The van der Waals surface area contributed by atoms with E-state index in [1.54, 1.807) is 12.3 Å². The van der Waals surface area contributed by atoms with Gasteiger partial charge < -0.3 is 15.4 Å². The topological polar surface area (TPSA) is 76.1 Å². The van der Waals surface area contributed by atoms with E-state index in [9.17, 15) is 9.18 Å². The lowest BCUT2D eigenvalue weighted by Gasteiger charge is -2.39. The van der Waals surface area contributed by atoms with E-state index in [0.29, 0.717) is 30.3 Å². The Morgan fingerprint density at radius 3 is 3.08 bits per heavy atom. The summed E-state index contributed by atoms with van der Waals surface area (Å²) in [5, 5.41) is 9.00. The van der Waals surface area contributed by atoms with Crippen LogP contribution in [0.1, 0.15) is 31.9 Å². The number of nitrogens with one attached hydrogen (secondary N) is 2. The number of methoxy groups -OCH3 is 1. The number of hydrogen-bond donors (Lipinski definition) is 2. The van der Waals surface area contributed by atoms with Gasteiger partial charge in [0.1, 0.15) is 11.6 Å². The number of rotatable bonds is 6. The second-order valence-corrected chi connectivity index (χ2v) is 7.44. The molecule has 8 heteroatoms. The predicted molar refractivity (Wildman–Crippen MR) is 99.1 cm³/mol. The van der Waals surface area contributed by atoms with Crippen molar-refractivity contribution in [1.29, 1.82) is 0 Å². The molecule has 3 heterocycles. The summed E-state index contributed by atoms with van der Waals surface area (Å²) in [5.41, 5.74) is -0.484. The molecular formula is C18H23FN4O2S. The van der Waals surface area contributed by atoms with Crippen LogP contribution in [0.3, 0.4) is 0 Å². The lowest BCUT2D eigenvalue weighted by Crippen LogP contribution is -2.49. The summed E-state index contributed by atoms with van der Waals surface area (Å²) in [4.78, 5) is 21.1. The summed E-state index contributed by atoms with van der Waals surface area (Å²) in [5.74, 6) is -0.196. The quantitative estimate of drug-likeness (QED) is 0.752. The second kappa shape index (κ2) is 8.09. The molecule has 6 nitrogen and oxygen atoms in total. The number of piperidine rings is 1. The maximum absolute atomic E-state index is 14.4. The van der Waals surface area contributed by atoms with Crippen LogP contribution < -0.4 is 10.6 Å². The van der Waals surface area contributed by atoms with Gasteiger partial charge in [-0.15, -0.1) is 11.3 Å². The molecule has 2 atom stereocenters. The molecule has 0 aliphatic carbocycles. The SMILES string of the molecule is CCC1CC(Cc2nc(Nc3nccs3)ccc2F)(C(=O)OC)CCN1. The van der Waals surface area contributed by atoms with Crippen LogP contribution in [0.15, 0.2) is 23.7 Å². The zero-order valence-corrected chi connectivity index (χ0v) is 15.7. The molecule has 2 aromatic rings. The summed E-state index contributed by atoms with van der Waals surface area (Å²) >= 11 is 1.44. The first-order chi connectivity index (χ1) is 12.6. The van der Waals surface area contributed by atoms with Gasteiger partial charge in [0.15, 0.2) is 5.13 Å². The highest BCUT2D eigenvalue weighted by molar-refractivity contribution is 7.13. The van der Waals surface area contributed by atoms with Gasteiger partial charge in [0, 0.05) is 24.0 Å². The fourth-order valence-electron chi connectivity index (χ4n) is 3.48. The van der Waals surface area contributed by atoms with Crippen molar-refractivity contribution >= 4 is 28.3 Å². The number of carbonyl (C=O) groups excluding carboxylic acids is 1. The van der Waals surface area contributed by atoms with Gasteiger partial charge in [-0.1, -0.05) is 6.92 Å². The highest BCUT2D eigenvalue weighted by atomic mass is 32.1. The normalized spacial score (nSPS) is 22.8. The number of pyridine rings is 1. The first-order valence-corrected chi connectivity index (χ1v) is 9.58. The van der Waals surface area contributed by atoms with Crippen LogP contribution >= 0.6 is 11.3 Å². The van der Waals surface area contributed by atoms with E-state index in [4.69, 9.17) is 4.74 Å². The highest BCUT2D eigenvalue weighted by Crippen LogP contribution is 2.37. The Bertz CT molecular complexity index is 756. The third-order valence-electron chi connectivity index (χ3n) is 4.88. The van der Waals surface area contributed by atoms with Crippen molar-refractivity contribution in [2.24, 2.45) is 5.41 Å². The number of esters is 1. The van der Waals surface area contributed by atoms with Crippen LogP contribution in [0.5, 0.6) is 0 Å². The summed E-state index contributed by atoms with van der Waals surface area (Å²) < 4.78 is 19.5. The molecule has 1 saturated heterocycles. The van der Waals surface area contributed by atoms with E-state index >= 15 is 0 Å². The van der Waals surface area contributed by atoms with Gasteiger partial charge in [-0.05, 0) is 37.9 Å². The Morgan fingerprint density at radius 2 is 2.38 bits per heavy atom. The third-order valence-corrected chi connectivity index (χ3v) is 5.57. The molecule has 1 aliphatic heterocycles. The summed E-state index contributed by atoms with van der Waals surface area (Å²) in [6.45, 7) is 2.77. The van der Waals surface area contributed by atoms with E-state index in [1.807, 2.05) is 5.38 Å². The van der Waals surface area contributed by atoms with Gasteiger partial charge >= 0.3 is 5.97 Å². The number of anilines is 2. The third kappa shape index (κ3) is 4.02. The maximum Gasteiger partial charge on any atom is 0.312 e. The molecule has 0 saturated carbocycles. The van der Waals surface area contributed by atoms with Gasteiger partial charge in [-0.2, -0.15) is 0 Å². The standard InChI is InChI=1S/C18H23FN4O2S/c1-3-12-10-18(6-7-20-12,16(24)25-2)11-14-13(19)4-5-15(22-14)23-17-21-8-9-26-17/h4-5,8-9,12,20H,3,6-7,10-11H2,1-2H3,(H,21,22,23). The molecule has 140 valence electrons. The number of halogens is 1. The van der Waals surface area contributed by atoms with Crippen LogP contribution in [0.4, 0.5) is 15.3 Å². The van der Waals surface area contributed by atoms with E-state index in [1.165, 1.54) is 24.5 Å². The number of ether oxygens (including phenoxy) is 1. The Labute approximate surface area is 156 Å². The Hall–Kier alpha value is -2.06. The maximum atomic E-state index is 14.4. The van der Waals surface area contributed by atoms with E-state index < -0.39 is 11.2 Å². The van der Waals surface area contributed by atoms with E-state index in [2.05, 4.69) is 27.5 Å². The van der Waals surface area contributed by atoms with Crippen LogP contribution in [0.2, 0.25) is 0 Å². The zero-order valence-electron chi connectivity index (χ0n) is 14.9. The smallest absolute Gasteiger partial charge is 0.312 e. The van der Waals surface area contributed by atoms with Crippen LogP contribution in [-0.4, -0.2) is 35.6 Å². The minimum atomic E-state index is -0.756. The number of nitrogens with zero attached hydrogens (tertiary/aromatic N) is 2. The molecule has 0 bridgehead atoms. The number of thiazole rings is 1. The minimum absolute atomic E-state index is 0.211. The molecule has 2 aromatic heterocycles. The molecule has 2 unspecified atom stereocenters. The number of hydrogen-bond acceptors (Lipinski definition) is 7. The van der Waals surface area contributed by atoms with Crippen molar-refractivity contribution in [3.05, 3.63) is 35.2 Å². The number of carbonyl (C=O) groups is 1. The number of aromatic nitrogens is 2. The average Bonchev–Trinajstić information content (AvgIpc) is 3.17. The van der Waals surface area contributed by atoms with Crippen LogP contribution in [0.25, 0.3) is 0 Å². The minimum Gasteiger partial charge on any atom is -0.469 e. The largest absolute Gasteiger partial charge is 0.469 e. The molecule has 26 heavy (non-hydrogen) atoms. The molecule has 3 rings (SSSR count). The molecule has 1 fully saturated rings. The van der Waals surface area contributed by atoms with Crippen molar-refractivity contribution < 1.29 is 13.9 Å². The van der Waals surface area contributed by atoms with Crippen molar-refractivity contribution in [2.75, 3.05) is 19.0 Å². The summed E-state index contributed by atoms with van der Waals surface area (Å²) in [7, 11) is 1.39. The molecular weight excluding hydrogens is 355 g/mol. The van der Waals surface area contributed by atoms with Gasteiger partial charge in [0.25, 0.3) is 0 Å². The van der Waals surface area contributed by atoms with Crippen molar-refractivity contribution in [3.63, 3.8) is 0 Å². The van der Waals surface area contributed by atoms with Crippen molar-refractivity contribution in [1.82, 2.24) is 15.3 Å². The van der Waals surface area contributed by atoms with E-state index in [0.717, 1.165) is 6.42 Å². The van der Waals surface area contributed by atoms with Crippen LogP contribution in [-0.2, 0) is 16.0 Å². The second-order valence-electron chi connectivity index (χ2n) is 6.55. The molecule has 2 N–H and O–H groups in total. The van der Waals surface area contributed by atoms with Gasteiger partial charge in [-0.25, -0.2) is 14.4 Å². The zero-order chi connectivity index (χ0) is 18.6. The molecule has 0 aromatic carbocycles. The first-order valence-electron chi connectivity index (χ1n) is 8.70. The fraction of sp³-hybridized carbons (Fsp3) is 0.500. The highest BCUT2D eigenvalue weighted by Gasteiger charge is 2.44. The molecule has 0 amide bonds. The summed E-state index contributed by atoms with van der Waals surface area (Å²) in [6.07, 6.45) is 4.02. The lowest BCUT2D eigenvalue weighted by atomic mass is 9.72. The van der Waals surface area contributed by atoms with Gasteiger partial charge in [0.05, 0.1) is 18.2 Å². The first kappa shape index (κ1) is 18.7. The van der Waals surface area contributed by atoms with Gasteiger partial charge in [-0.3, -0.25) is 4.79 Å². The Kier molecular flexibility index (Phi) is 5.83. The Morgan fingerprint density at radius 1 is 1.54 bits per heavy atom. The molecule has 0 spiro atoms. The monoisotopic (exact) mass is 378 g/mol. The fourth-order valence-corrected chi connectivity index (χ4v) is 4.01. The summed E-state index contributed by atoms with van der Waals surface area (Å²) in [6, 6.07) is 3.16. The van der Waals surface area contributed by atoms with Crippen LogP contribution in [0, 0.1) is 11.2 Å². The predicted octanol–water partition coefficient (Wildman–Crippen LogP) is 3.28. The van der Waals surface area contributed by atoms with E-state index in [-0.39, 0.29) is 24.1 Å². The average molecular weight is 378 g/mol. The lowest BCUT2D eigenvalue weighted by molar-refractivity contribution is -0.155. The Balaban J connectivity index is 1.87. The molecule has 0 radical (unpaired) electrons. The molecule has 1 aliphatic rings. The van der Waals surface area contributed by atoms with Gasteiger partial charge in [0.2, 0.25) is 0 Å².